The van der Waals surface area contributed by atoms with Crippen molar-refractivity contribution in [3.8, 4) is 0 Å². The van der Waals surface area contributed by atoms with Gasteiger partial charge in [0.05, 0.1) is 5.60 Å². The van der Waals surface area contributed by atoms with Crippen molar-refractivity contribution in [1.29, 1.82) is 0 Å². The van der Waals surface area contributed by atoms with E-state index in [0.717, 1.165) is 23.5 Å². The highest BCUT2D eigenvalue weighted by atomic mass is 32.2. The fraction of sp³-hybridized carbons (Fsp3) is 0.857. The fourth-order valence-corrected chi connectivity index (χ4v) is 4.02. The second kappa shape index (κ2) is 5.33. The molecule has 0 saturated heterocycles. The van der Waals surface area contributed by atoms with E-state index in [1.54, 1.807) is 11.8 Å². The van der Waals surface area contributed by atoms with Crippen LogP contribution in [0.25, 0.3) is 0 Å². The molecule has 5 atom stereocenters. The molecular weight excluding hydrogens is 230 g/mol. The molecule has 17 heavy (non-hydrogen) atoms. The number of aliphatic hydroxyl groups is 1. The molecule has 2 nitrogen and oxygen atoms in total. The van der Waals surface area contributed by atoms with Gasteiger partial charge >= 0.3 is 0 Å². The molecule has 3 heteroatoms. The maximum Gasteiger partial charge on any atom is 0.0833 e. The van der Waals surface area contributed by atoms with Gasteiger partial charge in [0.1, 0.15) is 0 Å². The third-order valence-electron chi connectivity index (χ3n) is 4.23. The van der Waals surface area contributed by atoms with Crippen LogP contribution < -0.4 is 5.32 Å². The van der Waals surface area contributed by atoms with Gasteiger partial charge in [-0.3, -0.25) is 0 Å². The molecule has 0 amide bonds. The molecule has 2 rings (SSSR count). The second-order valence-corrected chi connectivity index (χ2v) is 6.91. The summed E-state index contributed by atoms with van der Waals surface area (Å²) in [5.74, 6) is 3.19. The standard InChI is InChI=1S/C14H25NOS/c1-10(15-8-14(2,16)9-17-3)13-7-11-4-5-12(13)6-11/h4-5,10-13,15-16H,6-9H2,1-3H3. The zero-order valence-corrected chi connectivity index (χ0v) is 12.0. The Morgan fingerprint density at radius 2 is 2.24 bits per heavy atom. The molecule has 0 heterocycles. The van der Waals surface area contributed by atoms with Crippen LogP contribution in [0.1, 0.15) is 26.7 Å². The Balaban J connectivity index is 1.78. The van der Waals surface area contributed by atoms with Crippen LogP contribution in [0.5, 0.6) is 0 Å². The summed E-state index contributed by atoms with van der Waals surface area (Å²) in [7, 11) is 0. The highest BCUT2D eigenvalue weighted by Crippen LogP contribution is 2.44. The average molecular weight is 255 g/mol. The lowest BCUT2D eigenvalue weighted by Gasteiger charge is -2.30. The molecule has 2 N–H and O–H groups in total. The van der Waals surface area contributed by atoms with Crippen LogP contribution in [0.4, 0.5) is 0 Å². The average Bonchev–Trinajstić information content (AvgIpc) is 2.87. The van der Waals surface area contributed by atoms with E-state index < -0.39 is 5.60 Å². The Labute approximate surface area is 109 Å². The van der Waals surface area contributed by atoms with Gasteiger partial charge in [0.15, 0.2) is 0 Å². The molecule has 2 aliphatic rings. The van der Waals surface area contributed by atoms with Crippen LogP contribution in [-0.4, -0.2) is 35.3 Å². The Kier molecular flexibility index (Phi) is 4.22. The van der Waals surface area contributed by atoms with Crippen molar-refractivity contribution >= 4 is 11.8 Å². The highest BCUT2D eigenvalue weighted by molar-refractivity contribution is 7.98. The van der Waals surface area contributed by atoms with E-state index in [0.29, 0.717) is 12.6 Å². The highest BCUT2D eigenvalue weighted by Gasteiger charge is 2.38. The van der Waals surface area contributed by atoms with Crippen LogP contribution >= 0.6 is 11.8 Å². The second-order valence-electron chi connectivity index (χ2n) is 6.04. The first-order valence-corrected chi connectivity index (χ1v) is 8.04. The summed E-state index contributed by atoms with van der Waals surface area (Å²) in [6, 6.07) is 0.517. The van der Waals surface area contributed by atoms with Gasteiger partial charge in [-0.2, -0.15) is 11.8 Å². The van der Waals surface area contributed by atoms with Crippen molar-refractivity contribution in [3.63, 3.8) is 0 Å². The minimum absolute atomic E-state index is 0.517. The summed E-state index contributed by atoms with van der Waals surface area (Å²) in [6.45, 7) is 4.89. The van der Waals surface area contributed by atoms with E-state index in [1.807, 2.05) is 13.2 Å². The molecule has 2 bridgehead atoms. The van der Waals surface area contributed by atoms with E-state index in [4.69, 9.17) is 0 Å². The SMILES string of the molecule is CSCC(C)(O)CNC(C)C1CC2C=CC1C2. The topological polar surface area (TPSA) is 32.3 Å². The van der Waals surface area contributed by atoms with Gasteiger partial charge in [0.2, 0.25) is 0 Å². The van der Waals surface area contributed by atoms with Gasteiger partial charge in [-0.15, -0.1) is 0 Å². The third-order valence-corrected chi connectivity index (χ3v) is 5.14. The number of nitrogens with one attached hydrogen (secondary N) is 1. The predicted molar refractivity (Wildman–Crippen MR) is 75.3 cm³/mol. The largest absolute Gasteiger partial charge is 0.388 e. The molecule has 0 spiro atoms. The van der Waals surface area contributed by atoms with Gasteiger partial charge < -0.3 is 10.4 Å². The van der Waals surface area contributed by atoms with Gasteiger partial charge in [-0.1, -0.05) is 12.2 Å². The smallest absolute Gasteiger partial charge is 0.0833 e. The van der Waals surface area contributed by atoms with Crippen molar-refractivity contribution in [1.82, 2.24) is 5.32 Å². The molecule has 98 valence electrons. The maximum absolute atomic E-state index is 10.1. The zero-order valence-electron chi connectivity index (χ0n) is 11.1. The fourth-order valence-electron chi connectivity index (χ4n) is 3.29. The summed E-state index contributed by atoms with van der Waals surface area (Å²) in [5, 5.41) is 13.7. The van der Waals surface area contributed by atoms with Crippen LogP contribution in [-0.2, 0) is 0 Å². The molecular formula is C14H25NOS. The summed E-state index contributed by atoms with van der Waals surface area (Å²) in [5.41, 5.74) is -0.582. The number of hydrogen-bond donors (Lipinski definition) is 2. The number of allylic oxidation sites excluding steroid dienone is 2. The Hall–Kier alpha value is 0.0100. The van der Waals surface area contributed by atoms with E-state index in [2.05, 4.69) is 24.4 Å². The first-order valence-electron chi connectivity index (χ1n) is 6.65. The van der Waals surface area contributed by atoms with Crippen LogP contribution in [0.3, 0.4) is 0 Å². The van der Waals surface area contributed by atoms with Gasteiger partial charge in [-0.25, -0.2) is 0 Å². The molecule has 1 saturated carbocycles. The van der Waals surface area contributed by atoms with E-state index >= 15 is 0 Å². The molecule has 0 aliphatic heterocycles. The quantitative estimate of drug-likeness (QED) is 0.714. The summed E-state index contributed by atoms with van der Waals surface area (Å²) in [6.07, 6.45) is 9.52. The van der Waals surface area contributed by atoms with Gasteiger partial charge in [-0.05, 0) is 50.7 Å². The van der Waals surface area contributed by atoms with Gasteiger partial charge in [0, 0.05) is 18.3 Å². The molecule has 0 aromatic heterocycles. The van der Waals surface area contributed by atoms with Crippen LogP contribution in [0.15, 0.2) is 12.2 Å². The predicted octanol–water partition coefficient (Wildman–Crippen LogP) is 2.29. The monoisotopic (exact) mass is 255 g/mol. The first-order chi connectivity index (χ1) is 8.02. The van der Waals surface area contributed by atoms with Crippen LogP contribution in [0.2, 0.25) is 0 Å². The Bertz CT molecular complexity index is 290. The van der Waals surface area contributed by atoms with Gasteiger partial charge in [0.25, 0.3) is 0 Å². The Morgan fingerprint density at radius 3 is 2.76 bits per heavy atom. The summed E-state index contributed by atoms with van der Waals surface area (Å²) < 4.78 is 0. The number of rotatable bonds is 6. The summed E-state index contributed by atoms with van der Waals surface area (Å²) in [4.78, 5) is 0. The van der Waals surface area contributed by atoms with Crippen LogP contribution in [0, 0.1) is 17.8 Å². The van der Waals surface area contributed by atoms with Crippen molar-refractivity contribution in [2.75, 3.05) is 18.6 Å². The minimum atomic E-state index is -0.582. The molecule has 2 aliphatic carbocycles. The van der Waals surface area contributed by atoms with E-state index in [-0.39, 0.29) is 0 Å². The lowest BCUT2D eigenvalue weighted by molar-refractivity contribution is 0.0784. The lowest BCUT2D eigenvalue weighted by Crippen LogP contribution is -2.46. The normalized spacial score (nSPS) is 36.1. The molecule has 5 unspecified atom stereocenters. The molecule has 1 fully saturated rings. The van der Waals surface area contributed by atoms with Crippen molar-refractivity contribution in [3.05, 3.63) is 12.2 Å². The first kappa shape index (κ1) is 13.4. The van der Waals surface area contributed by atoms with Crippen molar-refractivity contribution < 1.29 is 5.11 Å². The van der Waals surface area contributed by atoms with Crippen molar-refractivity contribution in [2.24, 2.45) is 17.8 Å². The molecule has 0 aromatic carbocycles. The van der Waals surface area contributed by atoms with E-state index in [9.17, 15) is 5.11 Å². The number of thioether (sulfide) groups is 1. The third kappa shape index (κ3) is 3.27. The number of fused-ring (bicyclic) bond motifs is 2. The minimum Gasteiger partial charge on any atom is -0.388 e. The lowest BCUT2D eigenvalue weighted by atomic mass is 9.87. The zero-order chi connectivity index (χ0) is 12.5. The van der Waals surface area contributed by atoms with E-state index in [1.165, 1.54) is 12.8 Å². The summed E-state index contributed by atoms with van der Waals surface area (Å²) >= 11 is 1.70. The Morgan fingerprint density at radius 1 is 1.47 bits per heavy atom. The van der Waals surface area contributed by atoms with Crippen molar-refractivity contribution in [2.45, 2.75) is 38.3 Å². The molecule has 0 aromatic rings. The molecule has 0 radical (unpaired) electrons. The number of hydrogen-bond acceptors (Lipinski definition) is 3. The maximum atomic E-state index is 10.1.